The first kappa shape index (κ1) is 22.1. The number of nitrogens with zero attached hydrogens (tertiary/aromatic N) is 5. The van der Waals surface area contributed by atoms with Gasteiger partial charge in [-0.3, -0.25) is 0 Å². The van der Waals surface area contributed by atoms with E-state index in [0.29, 0.717) is 12.6 Å². The molecule has 2 heterocycles. The monoisotopic (exact) mass is 466 g/mol. The van der Waals surface area contributed by atoms with Crippen molar-refractivity contribution in [1.82, 2.24) is 25.0 Å². The van der Waals surface area contributed by atoms with Gasteiger partial charge >= 0.3 is 0 Å². The van der Waals surface area contributed by atoms with E-state index in [4.69, 9.17) is 14.5 Å². The van der Waals surface area contributed by atoms with Gasteiger partial charge in [-0.2, -0.15) is 0 Å². The Bertz CT molecular complexity index is 503. The third-order valence-corrected chi connectivity index (χ3v) is 4.10. The molecule has 0 atom stereocenters. The number of aryl methyl sites for hydroxylation is 1. The van der Waals surface area contributed by atoms with Gasteiger partial charge in [0.1, 0.15) is 12.9 Å². The van der Waals surface area contributed by atoms with Crippen LogP contribution >= 0.6 is 24.0 Å². The highest BCUT2D eigenvalue weighted by atomic mass is 127. The summed E-state index contributed by atoms with van der Waals surface area (Å²) in [4.78, 5) is 7.00. The van der Waals surface area contributed by atoms with Crippen molar-refractivity contribution in [3.8, 4) is 0 Å². The van der Waals surface area contributed by atoms with Crippen LogP contribution in [0.3, 0.4) is 0 Å². The molecule has 1 aliphatic heterocycles. The van der Waals surface area contributed by atoms with Crippen molar-refractivity contribution in [1.29, 1.82) is 0 Å². The molecular weight excluding hydrogens is 435 g/mol. The molecule has 1 aromatic rings. The largest absolute Gasteiger partial charge is 0.385 e. The summed E-state index contributed by atoms with van der Waals surface area (Å²) in [5, 5.41) is 11.3. The summed E-state index contributed by atoms with van der Waals surface area (Å²) in [6.07, 6.45) is 5.06. The molecule has 0 bridgehead atoms. The molecule has 0 unspecified atom stereocenters. The maximum Gasteiger partial charge on any atom is 0.194 e. The van der Waals surface area contributed by atoms with E-state index in [0.717, 1.165) is 63.9 Å². The lowest BCUT2D eigenvalue weighted by Gasteiger charge is -2.34. The number of piperidine rings is 1. The normalized spacial score (nSPS) is 16.0. The number of aromatic nitrogens is 3. The van der Waals surface area contributed by atoms with Crippen LogP contribution in [0.4, 0.5) is 0 Å². The number of rotatable bonds is 8. The van der Waals surface area contributed by atoms with Crippen molar-refractivity contribution in [2.75, 3.05) is 40.0 Å². The van der Waals surface area contributed by atoms with Crippen LogP contribution in [0.15, 0.2) is 11.3 Å². The fourth-order valence-electron chi connectivity index (χ4n) is 2.71. The van der Waals surface area contributed by atoms with Gasteiger partial charge in [0.05, 0.1) is 6.10 Å². The van der Waals surface area contributed by atoms with Crippen LogP contribution in [0.1, 0.15) is 32.0 Å². The van der Waals surface area contributed by atoms with Gasteiger partial charge in [0.25, 0.3) is 0 Å². The Balaban J connectivity index is 0.00000312. The van der Waals surface area contributed by atoms with E-state index in [2.05, 4.69) is 27.3 Å². The number of likely N-dealkylation sites (tertiary alicyclic amines) is 1. The molecule has 0 aromatic carbocycles. The molecular formula is C16H31IN6O2. The topological polar surface area (TPSA) is 76.8 Å². The summed E-state index contributed by atoms with van der Waals surface area (Å²) >= 11 is 0. The first-order valence-electron chi connectivity index (χ1n) is 8.71. The van der Waals surface area contributed by atoms with Gasteiger partial charge in [-0.05, 0) is 26.2 Å². The van der Waals surface area contributed by atoms with Crippen molar-refractivity contribution in [2.24, 2.45) is 12.0 Å². The van der Waals surface area contributed by atoms with Crippen LogP contribution in [0, 0.1) is 0 Å². The Morgan fingerprint density at radius 2 is 2.12 bits per heavy atom. The lowest BCUT2D eigenvalue weighted by atomic mass is 10.1. The van der Waals surface area contributed by atoms with E-state index in [1.54, 1.807) is 13.4 Å². The van der Waals surface area contributed by atoms with E-state index in [1.807, 2.05) is 11.6 Å². The van der Waals surface area contributed by atoms with E-state index in [-0.39, 0.29) is 24.0 Å². The molecule has 0 aliphatic carbocycles. The van der Waals surface area contributed by atoms with Gasteiger partial charge in [0.2, 0.25) is 0 Å². The summed E-state index contributed by atoms with van der Waals surface area (Å²) < 4.78 is 12.9. The zero-order valence-electron chi connectivity index (χ0n) is 15.5. The molecule has 2 rings (SSSR count). The summed E-state index contributed by atoms with van der Waals surface area (Å²) in [5.41, 5.74) is 0. The number of methoxy groups -OCH3 is 1. The highest BCUT2D eigenvalue weighted by molar-refractivity contribution is 14.0. The van der Waals surface area contributed by atoms with Crippen LogP contribution in [-0.4, -0.2) is 71.7 Å². The van der Waals surface area contributed by atoms with Crippen molar-refractivity contribution >= 4 is 29.9 Å². The quantitative estimate of drug-likeness (QED) is 0.270. The Kier molecular flexibility index (Phi) is 11.0. The molecule has 1 saturated heterocycles. The van der Waals surface area contributed by atoms with Crippen LogP contribution in [0.25, 0.3) is 0 Å². The minimum absolute atomic E-state index is 0. The second-order valence-corrected chi connectivity index (χ2v) is 5.93. The number of guanidine groups is 1. The Hall–Kier alpha value is -0.940. The van der Waals surface area contributed by atoms with Crippen LogP contribution in [0.2, 0.25) is 0 Å². The molecule has 144 valence electrons. The van der Waals surface area contributed by atoms with Gasteiger partial charge in [0.15, 0.2) is 11.8 Å². The van der Waals surface area contributed by atoms with Gasteiger partial charge in [-0.25, -0.2) is 4.99 Å². The van der Waals surface area contributed by atoms with Gasteiger partial charge in [-0.15, -0.1) is 34.2 Å². The number of halogens is 1. The standard InChI is InChI=1S/C16H30N6O2.HI/c1-4-17-16(18-12-15-20-19-13-21(15)2)22-8-6-14(7-9-22)24-11-5-10-23-3;/h13-14H,4-12H2,1-3H3,(H,17,18);1H. The van der Waals surface area contributed by atoms with E-state index in [1.165, 1.54) is 0 Å². The van der Waals surface area contributed by atoms with Gasteiger partial charge in [0, 0.05) is 47.0 Å². The summed E-state index contributed by atoms with van der Waals surface area (Å²) in [6.45, 7) is 6.93. The average Bonchev–Trinajstić information content (AvgIpc) is 3.01. The number of aliphatic imine (C=N–C) groups is 1. The number of hydrogen-bond acceptors (Lipinski definition) is 5. The highest BCUT2D eigenvalue weighted by Gasteiger charge is 2.21. The van der Waals surface area contributed by atoms with E-state index < -0.39 is 0 Å². The molecule has 9 heteroatoms. The van der Waals surface area contributed by atoms with Crippen molar-refractivity contribution in [3.63, 3.8) is 0 Å². The lowest BCUT2D eigenvalue weighted by Crippen LogP contribution is -2.47. The Labute approximate surface area is 167 Å². The number of ether oxygens (including phenoxy) is 2. The third kappa shape index (κ3) is 7.45. The maximum atomic E-state index is 5.92. The van der Waals surface area contributed by atoms with Crippen LogP contribution in [-0.2, 0) is 23.1 Å². The maximum absolute atomic E-state index is 5.92. The highest BCUT2D eigenvalue weighted by Crippen LogP contribution is 2.14. The molecule has 1 aromatic heterocycles. The Morgan fingerprint density at radius 3 is 2.72 bits per heavy atom. The number of nitrogens with one attached hydrogen (secondary N) is 1. The predicted molar refractivity (Wildman–Crippen MR) is 108 cm³/mol. The van der Waals surface area contributed by atoms with E-state index in [9.17, 15) is 0 Å². The molecule has 8 nitrogen and oxygen atoms in total. The van der Waals surface area contributed by atoms with Gasteiger partial charge < -0.3 is 24.3 Å². The SMILES string of the molecule is CCNC(=NCc1nncn1C)N1CCC(OCCCOC)CC1.I. The lowest BCUT2D eigenvalue weighted by molar-refractivity contribution is 0.00990. The first-order chi connectivity index (χ1) is 11.7. The molecule has 1 fully saturated rings. The van der Waals surface area contributed by atoms with Crippen LogP contribution < -0.4 is 5.32 Å². The fraction of sp³-hybridized carbons (Fsp3) is 0.812. The molecule has 0 spiro atoms. The fourth-order valence-corrected chi connectivity index (χ4v) is 2.71. The van der Waals surface area contributed by atoms with Crippen LogP contribution in [0.5, 0.6) is 0 Å². The summed E-state index contributed by atoms with van der Waals surface area (Å²) in [5.74, 6) is 1.81. The minimum atomic E-state index is 0. The molecule has 0 saturated carbocycles. The molecule has 1 N–H and O–H groups in total. The van der Waals surface area contributed by atoms with Gasteiger partial charge in [-0.1, -0.05) is 0 Å². The Morgan fingerprint density at radius 1 is 1.36 bits per heavy atom. The average molecular weight is 466 g/mol. The zero-order chi connectivity index (χ0) is 17.2. The third-order valence-electron chi connectivity index (χ3n) is 4.10. The van der Waals surface area contributed by atoms with Crippen molar-refractivity contribution in [2.45, 2.75) is 38.8 Å². The predicted octanol–water partition coefficient (Wildman–Crippen LogP) is 1.42. The molecule has 25 heavy (non-hydrogen) atoms. The second-order valence-electron chi connectivity index (χ2n) is 5.93. The minimum Gasteiger partial charge on any atom is -0.385 e. The molecule has 0 amide bonds. The molecule has 0 radical (unpaired) electrons. The summed E-state index contributed by atoms with van der Waals surface area (Å²) in [6, 6.07) is 0. The zero-order valence-corrected chi connectivity index (χ0v) is 17.8. The number of hydrogen-bond donors (Lipinski definition) is 1. The van der Waals surface area contributed by atoms with Crippen molar-refractivity contribution < 1.29 is 9.47 Å². The summed E-state index contributed by atoms with van der Waals surface area (Å²) in [7, 11) is 3.66. The first-order valence-corrected chi connectivity index (χ1v) is 8.71. The molecule has 1 aliphatic rings. The van der Waals surface area contributed by atoms with E-state index >= 15 is 0 Å². The smallest absolute Gasteiger partial charge is 0.194 e. The second kappa shape index (κ2) is 12.4. The van der Waals surface area contributed by atoms with Crippen molar-refractivity contribution in [3.05, 3.63) is 12.2 Å².